The molecule has 114 valence electrons. The molecule has 9 heteroatoms. The largest absolute Gasteiger partial charge is 0.474 e. The van der Waals surface area contributed by atoms with Crippen molar-refractivity contribution < 1.29 is 21.2 Å². The lowest BCUT2D eigenvalue weighted by molar-refractivity contribution is 0.181. The van der Waals surface area contributed by atoms with Crippen LogP contribution < -0.4 is 0 Å². The minimum absolute atomic E-state index is 1.59. The summed E-state index contributed by atoms with van der Waals surface area (Å²) >= 11 is 0. The monoisotopic (exact) mass is 340 g/mol. The van der Waals surface area contributed by atoms with Gasteiger partial charge in [0.2, 0.25) is 0 Å². The lowest BCUT2D eigenvalue weighted by Crippen LogP contribution is -2.54. The van der Waals surface area contributed by atoms with Crippen LogP contribution in [0.5, 0.6) is 0 Å². The van der Waals surface area contributed by atoms with Gasteiger partial charge in [-0.05, 0) is 39.3 Å². The van der Waals surface area contributed by atoms with Crippen LogP contribution >= 0.6 is 0 Å². The second-order valence-corrected chi connectivity index (χ2v) is 19.0. The Balaban J connectivity index is 4.66. The van der Waals surface area contributed by atoms with Crippen molar-refractivity contribution in [2.24, 2.45) is 0 Å². The molecule has 0 aliphatic rings. The molecule has 0 amide bonds. The molecular formula is C10H28O5Si4. The second-order valence-electron chi connectivity index (χ2n) is 5.69. The molecule has 19 heavy (non-hydrogen) atoms. The number of hydrogen-bond donors (Lipinski definition) is 0. The van der Waals surface area contributed by atoms with Gasteiger partial charge in [-0.3, -0.25) is 0 Å². The van der Waals surface area contributed by atoms with Gasteiger partial charge in [0.1, 0.15) is 0 Å². The molecular weight excluding hydrogens is 312 g/mol. The van der Waals surface area contributed by atoms with Crippen LogP contribution in [-0.2, 0) is 21.2 Å². The van der Waals surface area contributed by atoms with Crippen LogP contribution in [0, 0.1) is 0 Å². The third kappa shape index (κ3) is 8.32. The molecule has 0 radical (unpaired) electrons. The zero-order valence-corrected chi connectivity index (χ0v) is 17.6. The predicted octanol–water partition coefficient (Wildman–Crippen LogP) is 2.38. The summed E-state index contributed by atoms with van der Waals surface area (Å²) in [6, 6.07) is 0. The summed E-state index contributed by atoms with van der Waals surface area (Å²) in [6.45, 7) is 16.1. The van der Waals surface area contributed by atoms with Crippen LogP contribution in [0.3, 0.4) is 0 Å². The van der Waals surface area contributed by atoms with Crippen LogP contribution in [0.2, 0.25) is 39.3 Å². The van der Waals surface area contributed by atoms with E-state index in [0.717, 1.165) is 0 Å². The highest BCUT2D eigenvalue weighted by atomic mass is 28.5. The van der Waals surface area contributed by atoms with Gasteiger partial charge in [-0.25, -0.2) is 0 Å². The van der Waals surface area contributed by atoms with E-state index in [1.165, 1.54) is 0 Å². The zero-order valence-electron chi connectivity index (χ0n) is 13.4. The van der Waals surface area contributed by atoms with E-state index in [2.05, 4.69) is 19.7 Å². The molecule has 0 fully saturated rings. The molecule has 0 spiro atoms. The molecule has 0 atom stereocenters. The van der Waals surface area contributed by atoms with E-state index in [-0.39, 0.29) is 0 Å². The molecule has 0 heterocycles. The normalized spacial score (nSPS) is 13.9. The average Bonchev–Trinajstić information content (AvgIpc) is 2.22. The number of rotatable bonds is 9. The average molecular weight is 341 g/mol. The maximum Gasteiger partial charge on any atom is 0.474 e. The minimum Gasteiger partial charge on any atom is -0.433 e. The van der Waals surface area contributed by atoms with E-state index < -0.39 is 35.0 Å². The standard InChI is InChI=1S/C10H28O5Si4/c1-10-17(4,5)14-19(8,9)15-18(6,7)13-16(11-2)12-3/h10,16H,1H2,2-9H3. The Kier molecular flexibility index (Phi) is 7.58. The van der Waals surface area contributed by atoms with E-state index in [9.17, 15) is 0 Å². The van der Waals surface area contributed by atoms with Gasteiger partial charge in [0.25, 0.3) is 0 Å². The molecule has 0 aromatic heterocycles. The Labute approximate surface area is 122 Å². The smallest absolute Gasteiger partial charge is 0.433 e. The van der Waals surface area contributed by atoms with Gasteiger partial charge < -0.3 is 21.2 Å². The van der Waals surface area contributed by atoms with Crippen molar-refractivity contribution in [1.29, 1.82) is 0 Å². The summed E-state index contributed by atoms with van der Waals surface area (Å²) in [4.78, 5) is 0. The summed E-state index contributed by atoms with van der Waals surface area (Å²) in [5.74, 6) is 0. The highest BCUT2D eigenvalue weighted by Crippen LogP contribution is 2.22. The van der Waals surface area contributed by atoms with Crippen molar-refractivity contribution in [2.45, 2.75) is 39.3 Å². The second kappa shape index (κ2) is 7.43. The Morgan fingerprint density at radius 3 is 1.68 bits per heavy atom. The molecule has 0 saturated carbocycles. The molecule has 0 aliphatic carbocycles. The third-order valence-corrected chi connectivity index (χ3v) is 15.1. The fourth-order valence-corrected chi connectivity index (χ4v) is 15.9. The molecule has 0 unspecified atom stereocenters. The van der Waals surface area contributed by atoms with Gasteiger partial charge in [0.05, 0.1) is 0 Å². The lowest BCUT2D eigenvalue weighted by Gasteiger charge is -2.37. The molecule has 0 bridgehead atoms. The SMILES string of the molecule is C=C[Si](C)(C)O[Si](C)(C)O[Si](C)(C)O[SiH](OC)OC. The fraction of sp³-hybridized carbons (Fsp3) is 0.800. The topological polar surface area (TPSA) is 46.2 Å². The van der Waals surface area contributed by atoms with Crippen molar-refractivity contribution in [3.05, 3.63) is 12.3 Å². The molecule has 5 nitrogen and oxygen atoms in total. The zero-order chi connectivity index (χ0) is 15.3. The van der Waals surface area contributed by atoms with Crippen LogP contribution in [0.1, 0.15) is 0 Å². The fourth-order valence-electron chi connectivity index (χ4n) is 1.74. The first-order valence-electron chi connectivity index (χ1n) is 6.24. The molecule has 0 aliphatic heterocycles. The van der Waals surface area contributed by atoms with Gasteiger partial charge in [-0.15, -0.1) is 6.58 Å². The first kappa shape index (κ1) is 19.4. The maximum atomic E-state index is 6.19. The van der Waals surface area contributed by atoms with Gasteiger partial charge in [0, 0.05) is 14.2 Å². The first-order valence-corrected chi connectivity index (χ1v) is 16.3. The van der Waals surface area contributed by atoms with Crippen LogP contribution in [0.15, 0.2) is 12.3 Å². The van der Waals surface area contributed by atoms with Crippen molar-refractivity contribution in [3.63, 3.8) is 0 Å². The molecule has 0 N–H and O–H groups in total. The number of hydrogen-bond acceptors (Lipinski definition) is 5. The molecule has 0 aromatic rings. The van der Waals surface area contributed by atoms with Crippen molar-refractivity contribution in [1.82, 2.24) is 0 Å². The van der Waals surface area contributed by atoms with E-state index in [4.69, 9.17) is 21.2 Å². The summed E-state index contributed by atoms with van der Waals surface area (Å²) in [7, 11) is -5.30. The highest BCUT2D eigenvalue weighted by Gasteiger charge is 2.41. The predicted molar refractivity (Wildman–Crippen MR) is 87.1 cm³/mol. The summed E-state index contributed by atoms with van der Waals surface area (Å²) in [5, 5.41) is 0. The lowest BCUT2D eigenvalue weighted by atomic mass is 11.3. The summed E-state index contributed by atoms with van der Waals surface area (Å²) < 4.78 is 28.6. The minimum atomic E-state index is -2.32. The summed E-state index contributed by atoms with van der Waals surface area (Å²) in [6.07, 6.45) is 0. The quantitative estimate of drug-likeness (QED) is 0.603. The van der Waals surface area contributed by atoms with Gasteiger partial charge in [-0.2, -0.15) is 0 Å². The van der Waals surface area contributed by atoms with Gasteiger partial charge >= 0.3 is 26.6 Å². The Hall–Kier alpha value is 0.408. The van der Waals surface area contributed by atoms with E-state index in [1.807, 2.05) is 31.9 Å². The summed E-state index contributed by atoms with van der Waals surface area (Å²) in [5.41, 5.74) is 1.92. The first-order chi connectivity index (χ1) is 8.47. The maximum absolute atomic E-state index is 6.19. The van der Waals surface area contributed by atoms with E-state index in [0.29, 0.717) is 0 Å². The van der Waals surface area contributed by atoms with Crippen LogP contribution in [-0.4, -0.2) is 49.2 Å². The van der Waals surface area contributed by atoms with Crippen LogP contribution in [0.25, 0.3) is 0 Å². The Morgan fingerprint density at radius 1 is 0.842 bits per heavy atom. The third-order valence-electron chi connectivity index (χ3n) is 2.26. The Morgan fingerprint density at radius 2 is 1.32 bits per heavy atom. The van der Waals surface area contributed by atoms with Crippen molar-refractivity contribution in [2.75, 3.05) is 14.2 Å². The molecule has 0 aromatic carbocycles. The molecule has 0 saturated heterocycles. The van der Waals surface area contributed by atoms with E-state index in [1.54, 1.807) is 14.2 Å². The van der Waals surface area contributed by atoms with Crippen LogP contribution in [0.4, 0.5) is 0 Å². The van der Waals surface area contributed by atoms with Crippen molar-refractivity contribution in [3.8, 4) is 0 Å². The highest BCUT2D eigenvalue weighted by molar-refractivity contribution is 6.89. The van der Waals surface area contributed by atoms with Gasteiger partial charge in [-0.1, -0.05) is 5.70 Å². The molecule has 0 rings (SSSR count). The van der Waals surface area contributed by atoms with Crippen molar-refractivity contribution >= 4 is 35.0 Å². The van der Waals surface area contributed by atoms with E-state index >= 15 is 0 Å². The van der Waals surface area contributed by atoms with Gasteiger partial charge in [0.15, 0.2) is 8.32 Å². The Bertz CT molecular complexity index is 292.